The van der Waals surface area contributed by atoms with Gasteiger partial charge < -0.3 is 9.73 Å². The van der Waals surface area contributed by atoms with Crippen LogP contribution in [0.2, 0.25) is 0 Å². The predicted molar refractivity (Wildman–Crippen MR) is 96.6 cm³/mol. The summed E-state index contributed by atoms with van der Waals surface area (Å²) in [6, 6.07) is 0. The third kappa shape index (κ3) is 2.79. The highest BCUT2D eigenvalue weighted by molar-refractivity contribution is 7.19. The maximum absolute atomic E-state index is 5.86. The first-order chi connectivity index (χ1) is 11.5. The number of aromatic nitrogens is 3. The molecule has 0 radical (unpaired) electrons. The first kappa shape index (κ1) is 15.6. The van der Waals surface area contributed by atoms with Crippen LogP contribution in [-0.2, 0) is 24.8 Å². The second-order valence-corrected chi connectivity index (χ2v) is 8.42. The molecule has 0 amide bonds. The molecule has 4 rings (SSSR count). The van der Waals surface area contributed by atoms with E-state index in [1.807, 2.05) is 17.5 Å². The maximum atomic E-state index is 5.86. The summed E-state index contributed by atoms with van der Waals surface area (Å²) in [6.07, 6.45) is 8.29. The number of oxazole rings is 1. The summed E-state index contributed by atoms with van der Waals surface area (Å²) < 4.78 is 5.86. The Morgan fingerprint density at radius 2 is 2.00 bits per heavy atom. The van der Waals surface area contributed by atoms with Gasteiger partial charge >= 0.3 is 0 Å². The van der Waals surface area contributed by atoms with E-state index in [1.165, 1.54) is 35.1 Å². The normalized spacial score (nSPS) is 14.8. The van der Waals surface area contributed by atoms with Gasteiger partial charge in [0.1, 0.15) is 22.7 Å². The van der Waals surface area contributed by atoms with Crippen LogP contribution in [0.25, 0.3) is 10.2 Å². The molecule has 126 valence electrons. The van der Waals surface area contributed by atoms with Crippen LogP contribution in [-0.4, -0.2) is 15.0 Å². The topological polar surface area (TPSA) is 63.8 Å². The highest BCUT2D eigenvalue weighted by atomic mass is 32.1. The third-order valence-electron chi connectivity index (χ3n) is 4.45. The number of nitrogens with zero attached hydrogens (tertiary/aromatic N) is 3. The average Bonchev–Trinajstić information content (AvgIpc) is 3.17. The van der Waals surface area contributed by atoms with Crippen molar-refractivity contribution in [3.05, 3.63) is 34.6 Å². The summed E-state index contributed by atoms with van der Waals surface area (Å²) in [7, 11) is 0. The number of hydrogen-bond donors (Lipinski definition) is 1. The number of nitrogens with one attached hydrogen (secondary N) is 1. The van der Waals surface area contributed by atoms with Gasteiger partial charge in [-0.15, -0.1) is 11.3 Å². The van der Waals surface area contributed by atoms with E-state index in [4.69, 9.17) is 4.42 Å². The van der Waals surface area contributed by atoms with Crippen LogP contribution in [0.1, 0.15) is 55.7 Å². The van der Waals surface area contributed by atoms with Crippen LogP contribution in [0.5, 0.6) is 0 Å². The lowest BCUT2D eigenvalue weighted by atomic mass is 9.94. The van der Waals surface area contributed by atoms with Gasteiger partial charge in [-0.2, -0.15) is 0 Å². The van der Waals surface area contributed by atoms with Crippen molar-refractivity contribution in [2.75, 3.05) is 5.32 Å². The van der Waals surface area contributed by atoms with E-state index in [0.29, 0.717) is 12.4 Å². The van der Waals surface area contributed by atoms with E-state index >= 15 is 0 Å². The molecule has 1 aliphatic carbocycles. The fourth-order valence-electron chi connectivity index (χ4n) is 3.12. The van der Waals surface area contributed by atoms with Crippen LogP contribution in [0.3, 0.4) is 0 Å². The van der Waals surface area contributed by atoms with Crippen molar-refractivity contribution in [3.63, 3.8) is 0 Å². The minimum absolute atomic E-state index is 0.0279. The highest BCUT2D eigenvalue weighted by Gasteiger charge is 2.21. The summed E-state index contributed by atoms with van der Waals surface area (Å²) in [5.41, 5.74) is 1.41. The monoisotopic (exact) mass is 342 g/mol. The zero-order valence-corrected chi connectivity index (χ0v) is 15.2. The minimum Gasteiger partial charge on any atom is -0.443 e. The van der Waals surface area contributed by atoms with Crippen LogP contribution >= 0.6 is 11.3 Å². The molecule has 5 nitrogen and oxygen atoms in total. The molecule has 24 heavy (non-hydrogen) atoms. The second-order valence-electron chi connectivity index (χ2n) is 7.34. The molecule has 0 fully saturated rings. The first-order valence-corrected chi connectivity index (χ1v) is 9.28. The van der Waals surface area contributed by atoms with Gasteiger partial charge in [-0.25, -0.2) is 15.0 Å². The molecule has 6 heteroatoms. The van der Waals surface area contributed by atoms with Gasteiger partial charge in [0.05, 0.1) is 18.1 Å². The van der Waals surface area contributed by atoms with Crippen molar-refractivity contribution < 1.29 is 4.42 Å². The van der Waals surface area contributed by atoms with Crippen molar-refractivity contribution in [2.24, 2.45) is 0 Å². The SMILES string of the molecule is CC(C)(C)c1cnc(CNc2ncnc3sc4c(c23)CCCC4)o1. The van der Waals surface area contributed by atoms with Crippen molar-refractivity contribution in [1.29, 1.82) is 0 Å². The van der Waals surface area contributed by atoms with E-state index in [2.05, 4.69) is 41.0 Å². The summed E-state index contributed by atoms with van der Waals surface area (Å²) in [5, 5.41) is 4.60. The van der Waals surface area contributed by atoms with Gasteiger partial charge in [-0.05, 0) is 31.2 Å². The Morgan fingerprint density at radius 3 is 2.79 bits per heavy atom. The number of anilines is 1. The molecule has 0 saturated carbocycles. The summed E-state index contributed by atoms with van der Waals surface area (Å²) >= 11 is 1.81. The number of hydrogen-bond acceptors (Lipinski definition) is 6. The first-order valence-electron chi connectivity index (χ1n) is 8.46. The molecule has 0 saturated heterocycles. The van der Waals surface area contributed by atoms with Crippen molar-refractivity contribution in [2.45, 2.75) is 58.4 Å². The fourth-order valence-corrected chi connectivity index (χ4v) is 4.35. The molecule has 0 aromatic carbocycles. The Balaban J connectivity index is 1.61. The summed E-state index contributed by atoms with van der Waals surface area (Å²) in [4.78, 5) is 15.9. The smallest absolute Gasteiger partial charge is 0.213 e. The Morgan fingerprint density at radius 1 is 1.17 bits per heavy atom. The van der Waals surface area contributed by atoms with E-state index in [1.54, 1.807) is 6.33 Å². The number of aryl methyl sites for hydroxylation is 2. The van der Waals surface area contributed by atoms with Crippen LogP contribution in [0.15, 0.2) is 16.9 Å². The number of rotatable bonds is 3. The van der Waals surface area contributed by atoms with E-state index in [-0.39, 0.29) is 5.41 Å². The van der Waals surface area contributed by atoms with Gasteiger partial charge in [-0.3, -0.25) is 0 Å². The highest BCUT2D eigenvalue weighted by Crippen LogP contribution is 2.38. The molecule has 3 heterocycles. The quantitative estimate of drug-likeness (QED) is 0.761. The minimum atomic E-state index is -0.0279. The number of thiophene rings is 1. The second kappa shape index (κ2) is 5.84. The van der Waals surface area contributed by atoms with Gasteiger partial charge in [0, 0.05) is 10.3 Å². The number of fused-ring (bicyclic) bond motifs is 3. The molecule has 3 aromatic rings. The summed E-state index contributed by atoms with van der Waals surface area (Å²) in [5.74, 6) is 2.49. The van der Waals surface area contributed by atoms with E-state index in [0.717, 1.165) is 22.8 Å². The average molecular weight is 342 g/mol. The lowest BCUT2D eigenvalue weighted by Crippen LogP contribution is -2.09. The summed E-state index contributed by atoms with van der Waals surface area (Å²) in [6.45, 7) is 6.90. The Kier molecular flexibility index (Phi) is 3.79. The predicted octanol–water partition coefficient (Wildman–Crippen LogP) is 4.47. The standard InChI is InChI=1S/C18H22N4OS/c1-18(2,3)13-8-19-14(23-13)9-20-16-15-11-6-4-5-7-12(11)24-17(15)22-10-21-16/h8,10H,4-7,9H2,1-3H3,(H,20,21,22). The Labute approximate surface area is 145 Å². The molecular weight excluding hydrogens is 320 g/mol. The van der Waals surface area contributed by atoms with Crippen molar-refractivity contribution >= 4 is 27.4 Å². The zero-order valence-electron chi connectivity index (χ0n) is 14.3. The van der Waals surface area contributed by atoms with Crippen LogP contribution in [0.4, 0.5) is 5.82 Å². The van der Waals surface area contributed by atoms with Gasteiger partial charge in [0.25, 0.3) is 0 Å². The zero-order chi connectivity index (χ0) is 16.7. The molecule has 0 atom stereocenters. The lowest BCUT2D eigenvalue weighted by Gasteiger charge is -2.13. The molecule has 1 N–H and O–H groups in total. The molecule has 3 aromatic heterocycles. The fraction of sp³-hybridized carbons (Fsp3) is 0.500. The molecule has 0 aliphatic heterocycles. The molecule has 1 aliphatic rings. The van der Waals surface area contributed by atoms with E-state index < -0.39 is 0 Å². The van der Waals surface area contributed by atoms with Crippen molar-refractivity contribution in [3.8, 4) is 0 Å². The molecule has 0 bridgehead atoms. The van der Waals surface area contributed by atoms with E-state index in [9.17, 15) is 0 Å². The molecule has 0 unspecified atom stereocenters. The molecule has 0 spiro atoms. The third-order valence-corrected chi connectivity index (χ3v) is 5.65. The van der Waals surface area contributed by atoms with Crippen LogP contribution in [0, 0.1) is 0 Å². The molecular formula is C18H22N4OS. The van der Waals surface area contributed by atoms with Gasteiger partial charge in [0.2, 0.25) is 5.89 Å². The Bertz CT molecular complexity index is 875. The maximum Gasteiger partial charge on any atom is 0.213 e. The van der Waals surface area contributed by atoms with Crippen molar-refractivity contribution in [1.82, 2.24) is 15.0 Å². The van der Waals surface area contributed by atoms with Crippen LogP contribution < -0.4 is 5.32 Å². The lowest BCUT2D eigenvalue weighted by molar-refractivity contribution is 0.385. The van der Waals surface area contributed by atoms with Gasteiger partial charge in [0.15, 0.2) is 0 Å². The largest absolute Gasteiger partial charge is 0.443 e. The van der Waals surface area contributed by atoms with Gasteiger partial charge in [-0.1, -0.05) is 20.8 Å². The Hall–Kier alpha value is -1.95.